The monoisotopic (exact) mass is 494 g/mol. The summed E-state index contributed by atoms with van der Waals surface area (Å²) in [6, 6.07) is 13.1. The minimum atomic E-state index is -0.605. The average Bonchev–Trinajstić information content (AvgIpc) is 3.22. The molecule has 0 radical (unpaired) electrons. The van der Waals surface area contributed by atoms with E-state index in [1.165, 1.54) is 13.2 Å². The molecule has 1 aliphatic rings. The minimum Gasteiger partial charge on any atom is -0.497 e. The third-order valence-corrected chi connectivity index (χ3v) is 5.77. The SMILES string of the molecule is COc1cccc(C(=O)N/N=C2\CCCc3oc(C(=O)NNC(=O)c4cccc(Cl)c4)c(C)c32)c1. The summed E-state index contributed by atoms with van der Waals surface area (Å²) in [5.41, 5.74) is 9.88. The molecule has 1 heterocycles. The van der Waals surface area contributed by atoms with Crippen LogP contribution in [0, 0.1) is 6.92 Å². The van der Waals surface area contributed by atoms with Crippen molar-refractivity contribution in [2.24, 2.45) is 5.10 Å². The van der Waals surface area contributed by atoms with Crippen LogP contribution in [0.15, 0.2) is 58.0 Å². The van der Waals surface area contributed by atoms with Gasteiger partial charge in [-0.15, -0.1) is 0 Å². The van der Waals surface area contributed by atoms with Crippen LogP contribution in [0.5, 0.6) is 5.75 Å². The molecule has 0 saturated heterocycles. The molecule has 0 fully saturated rings. The molecule has 3 amide bonds. The Hall–Kier alpha value is -4.11. The van der Waals surface area contributed by atoms with Gasteiger partial charge in [0.25, 0.3) is 11.8 Å². The minimum absolute atomic E-state index is 0.0649. The Bertz CT molecular complexity index is 1330. The highest BCUT2D eigenvalue weighted by molar-refractivity contribution is 6.31. The van der Waals surface area contributed by atoms with Gasteiger partial charge in [-0.1, -0.05) is 23.7 Å². The average molecular weight is 495 g/mol. The molecule has 0 aliphatic heterocycles. The third-order valence-electron chi connectivity index (χ3n) is 5.53. The molecule has 9 nitrogen and oxygen atoms in total. The van der Waals surface area contributed by atoms with Crippen molar-refractivity contribution in [2.45, 2.75) is 26.2 Å². The maximum atomic E-state index is 12.7. The van der Waals surface area contributed by atoms with Gasteiger partial charge in [0.15, 0.2) is 5.76 Å². The van der Waals surface area contributed by atoms with E-state index in [0.717, 1.165) is 6.42 Å². The zero-order valence-corrected chi connectivity index (χ0v) is 19.9. The van der Waals surface area contributed by atoms with Gasteiger partial charge in [0, 0.05) is 33.7 Å². The molecule has 3 aromatic rings. The number of hydrazine groups is 1. The third kappa shape index (κ3) is 5.36. The fourth-order valence-electron chi connectivity index (χ4n) is 3.82. The van der Waals surface area contributed by atoms with Gasteiger partial charge < -0.3 is 9.15 Å². The van der Waals surface area contributed by atoms with Crippen LogP contribution < -0.4 is 21.0 Å². The Morgan fingerprint density at radius 1 is 0.971 bits per heavy atom. The molecule has 180 valence electrons. The number of nitrogens with zero attached hydrogens (tertiary/aromatic N) is 1. The van der Waals surface area contributed by atoms with Crippen molar-refractivity contribution < 1.29 is 23.5 Å². The topological polar surface area (TPSA) is 122 Å². The highest BCUT2D eigenvalue weighted by Gasteiger charge is 2.28. The number of nitrogens with one attached hydrogen (secondary N) is 3. The lowest BCUT2D eigenvalue weighted by molar-refractivity contribution is 0.0829. The molecule has 0 spiro atoms. The summed E-state index contributed by atoms with van der Waals surface area (Å²) in [6.45, 7) is 1.74. The van der Waals surface area contributed by atoms with Crippen LogP contribution in [0.3, 0.4) is 0 Å². The molecule has 1 aromatic heterocycles. The van der Waals surface area contributed by atoms with Crippen molar-refractivity contribution in [2.75, 3.05) is 7.11 Å². The lowest BCUT2D eigenvalue weighted by Gasteiger charge is -2.13. The number of carbonyl (C=O) groups excluding carboxylic acids is 3. The van der Waals surface area contributed by atoms with Crippen LogP contribution in [0.4, 0.5) is 0 Å². The van der Waals surface area contributed by atoms with E-state index in [4.69, 9.17) is 20.8 Å². The van der Waals surface area contributed by atoms with Crippen LogP contribution in [-0.2, 0) is 6.42 Å². The highest BCUT2D eigenvalue weighted by Crippen LogP contribution is 2.29. The van der Waals surface area contributed by atoms with Gasteiger partial charge in [-0.05, 0) is 56.2 Å². The second-order valence-corrected chi connectivity index (χ2v) is 8.29. The Morgan fingerprint density at radius 2 is 1.69 bits per heavy atom. The number of furan rings is 1. The molecular formula is C25H23ClN4O5. The first-order chi connectivity index (χ1) is 16.9. The van der Waals surface area contributed by atoms with Crippen LogP contribution in [0.1, 0.15) is 61.0 Å². The van der Waals surface area contributed by atoms with Gasteiger partial charge in [-0.2, -0.15) is 5.10 Å². The smallest absolute Gasteiger partial charge is 0.305 e. The van der Waals surface area contributed by atoms with Crippen molar-refractivity contribution >= 4 is 35.0 Å². The normalized spacial score (nSPS) is 13.6. The molecule has 10 heteroatoms. The van der Waals surface area contributed by atoms with E-state index in [-0.39, 0.29) is 11.7 Å². The first kappa shape index (κ1) is 24.0. The number of rotatable bonds is 5. The number of aryl methyl sites for hydroxylation is 1. The largest absolute Gasteiger partial charge is 0.497 e. The maximum absolute atomic E-state index is 12.7. The van der Waals surface area contributed by atoms with E-state index in [2.05, 4.69) is 21.4 Å². The number of hydrazone groups is 1. The maximum Gasteiger partial charge on any atom is 0.305 e. The summed E-state index contributed by atoms with van der Waals surface area (Å²) in [5.74, 6) is -0.269. The van der Waals surface area contributed by atoms with E-state index in [9.17, 15) is 14.4 Å². The van der Waals surface area contributed by atoms with E-state index < -0.39 is 11.8 Å². The summed E-state index contributed by atoms with van der Waals surface area (Å²) in [5, 5.41) is 4.72. The molecule has 35 heavy (non-hydrogen) atoms. The number of hydrogen-bond acceptors (Lipinski definition) is 6. The summed E-state index contributed by atoms with van der Waals surface area (Å²) >= 11 is 5.91. The van der Waals surface area contributed by atoms with Crippen molar-refractivity contribution in [3.8, 4) is 5.75 Å². The summed E-state index contributed by atoms with van der Waals surface area (Å²) < 4.78 is 11.0. The predicted molar refractivity (Wildman–Crippen MR) is 130 cm³/mol. The highest BCUT2D eigenvalue weighted by atomic mass is 35.5. The first-order valence-electron chi connectivity index (χ1n) is 10.9. The molecule has 0 atom stereocenters. The van der Waals surface area contributed by atoms with Gasteiger partial charge in [-0.25, -0.2) is 5.43 Å². The molecule has 0 saturated carbocycles. The van der Waals surface area contributed by atoms with Crippen LogP contribution >= 0.6 is 11.6 Å². The Kier molecular flexibility index (Phi) is 7.17. The molecule has 1 aliphatic carbocycles. The quantitative estimate of drug-likeness (QED) is 0.466. The lowest BCUT2D eigenvalue weighted by atomic mass is 9.93. The Balaban J connectivity index is 1.48. The first-order valence-corrected chi connectivity index (χ1v) is 11.2. The fourth-order valence-corrected chi connectivity index (χ4v) is 4.01. The van der Waals surface area contributed by atoms with Gasteiger partial charge in [0.05, 0.1) is 12.8 Å². The van der Waals surface area contributed by atoms with E-state index in [1.807, 2.05) is 0 Å². The number of ether oxygens (including phenoxy) is 1. The molecular weight excluding hydrogens is 472 g/mol. The number of fused-ring (bicyclic) bond motifs is 1. The van der Waals surface area contributed by atoms with Crippen molar-refractivity contribution in [3.05, 3.63) is 87.3 Å². The van der Waals surface area contributed by atoms with Crippen molar-refractivity contribution in [1.29, 1.82) is 0 Å². The Morgan fingerprint density at radius 3 is 2.43 bits per heavy atom. The molecule has 0 bridgehead atoms. The zero-order chi connectivity index (χ0) is 24.9. The number of hydrogen-bond donors (Lipinski definition) is 3. The van der Waals surface area contributed by atoms with Crippen molar-refractivity contribution in [3.63, 3.8) is 0 Å². The van der Waals surface area contributed by atoms with E-state index in [1.54, 1.807) is 49.4 Å². The van der Waals surface area contributed by atoms with Gasteiger partial charge in [0.2, 0.25) is 0 Å². The van der Waals surface area contributed by atoms with Gasteiger partial charge >= 0.3 is 5.91 Å². The molecule has 4 rings (SSSR count). The zero-order valence-electron chi connectivity index (χ0n) is 19.1. The molecule has 3 N–H and O–H groups in total. The molecule has 2 aromatic carbocycles. The van der Waals surface area contributed by atoms with Crippen LogP contribution in [-0.4, -0.2) is 30.5 Å². The number of halogens is 1. The van der Waals surface area contributed by atoms with Crippen LogP contribution in [0.25, 0.3) is 0 Å². The summed E-state index contributed by atoms with van der Waals surface area (Å²) in [7, 11) is 1.53. The summed E-state index contributed by atoms with van der Waals surface area (Å²) in [4.78, 5) is 37.6. The van der Waals surface area contributed by atoms with Gasteiger partial charge in [-0.3, -0.25) is 25.2 Å². The standard InChI is InChI=1S/C25H23ClN4O5/c1-14-21-19(27-28-24(32)16-7-4-9-18(13-16)34-2)10-5-11-20(21)35-22(14)25(33)30-29-23(31)15-6-3-8-17(26)12-15/h3-4,6-9,12-13H,5,10-11H2,1-2H3,(H,28,32)(H,29,31)(H,30,33)/b27-19+. The van der Waals surface area contributed by atoms with E-state index >= 15 is 0 Å². The van der Waals surface area contributed by atoms with Crippen molar-refractivity contribution in [1.82, 2.24) is 16.3 Å². The number of amides is 3. The number of benzene rings is 2. The van der Waals surface area contributed by atoms with Gasteiger partial charge in [0.1, 0.15) is 11.5 Å². The lowest BCUT2D eigenvalue weighted by Crippen LogP contribution is -2.41. The number of carbonyl (C=O) groups is 3. The predicted octanol–water partition coefficient (Wildman–Crippen LogP) is 3.80. The van der Waals surface area contributed by atoms with Crippen LogP contribution in [0.2, 0.25) is 5.02 Å². The van der Waals surface area contributed by atoms with E-state index in [0.29, 0.717) is 57.3 Å². The number of methoxy groups -OCH3 is 1. The molecule has 0 unspecified atom stereocenters. The fraction of sp³-hybridized carbons (Fsp3) is 0.200. The second-order valence-electron chi connectivity index (χ2n) is 7.86. The summed E-state index contributed by atoms with van der Waals surface area (Å²) in [6.07, 6.45) is 1.99. The second kappa shape index (κ2) is 10.4. The Labute approximate surface area is 206 Å².